The Morgan fingerprint density at radius 1 is 1.47 bits per heavy atom. The van der Waals surface area contributed by atoms with Crippen LogP contribution in [0.4, 0.5) is 4.79 Å². The fourth-order valence-electron chi connectivity index (χ4n) is 2.34. The van der Waals surface area contributed by atoms with Crippen molar-refractivity contribution in [1.82, 2.24) is 10.2 Å². The Hall–Kier alpha value is -1.07. The van der Waals surface area contributed by atoms with Gasteiger partial charge in [-0.2, -0.15) is 0 Å². The second kappa shape index (κ2) is 6.02. The normalized spacial score (nSPS) is 25.9. The maximum atomic E-state index is 11.8. The molecule has 0 saturated carbocycles. The molecule has 2 saturated heterocycles. The van der Waals surface area contributed by atoms with Gasteiger partial charge in [-0.1, -0.05) is 6.08 Å². The first-order chi connectivity index (χ1) is 8.31. The molecule has 0 aromatic carbocycles. The van der Waals surface area contributed by atoms with Crippen LogP contribution >= 0.6 is 0 Å². The molecule has 0 aliphatic carbocycles. The molecule has 2 fully saturated rings. The van der Waals surface area contributed by atoms with Crippen LogP contribution in [0, 0.1) is 5.92 Å². The van der Waals surface area contributed by atoms with Crippen LogP contribution in [0.2, 0.25) is 0 Å². The Kier molecular flexibility index (Phi) is 4.39. The zero-order valence-corrected chi connectivity index (χ0v) is 10.1. The molecule has 0 aromatic heterocycles. The first kappa shape index (κ1) is 12.4. The highest BCUT2D eigenvalue weighted by molar-refractivity contribution is 5.74. The second-order valence-corrected chi connectivity index (χ2v) is 4.43. The van der Waals surface area contributed by atoms with Crippen LogP contribution in [-0.2, 0) is 9.47 Å². The Labute approximate surface area is 102 Å². The van der Waals surface area contributed by atoms with Gasteiger partial charge in [0.25, 0.3) is 0 Å². The third-order valence-electron chi connectivity index (χ3n) is 3.18. The molecule has 2 rings (SSSR count). The molecule has 2 heterocycles. The minimum Gasteiger partial charge on any atom is -0.350 e. The predicted octanol–water partition coefficient (Wildman–Crippen LogP) is 0.967. The molecular formula is C12H20N2O3. The fraction of sp³-hybridized carbons (Fsp3) is 0.750. The van der Waals surface area contributed by atoms with Crippen molar-refractivity contribution >= 4 is 6.03 Å². The van der Waals surface area contributed by atoms with Crippen molar-refractivity contribution in [3.8, 4) is 0 Å². The van der Waals surface area contributed by atoms with Crippen molar-refractivity contribution in [2.24, 2.45) is 5.92 Å². The lowest BCUT2D eigenvalue weighted by molar-refractivity contribution is -0.0962. The van der Waals surface area contributed by atoms with Crippen LogP contribution in [0.25, 0.3) is 0 Å². The molecule has 0 aromatic rings. The van der Waals surface area contributed by atoms with Crippen molar-refractivity contribution in [3.63, 3.8) is 0 Å². The summed E-state index contributed by atoms with van der Waals surface area (Å²) < 4.78 is 11.0. The number of rotatable bonds is 3. The summed E-state index contributed by atoms with van der Waals surface area (Å²) in [5, 5.41) is 2.80. The van der Waals surface area contributed by atoms with E-state index in [0.717, 1.165) is 19.4 Å². The Balaban J connectivity index is 1.83. The zero-order valence-electron chi connectivity index (χ0n) is 10.1. The fourth-order valence-corrected chi connectivity index (χ4v) is 2.34. The van der Waals surface area contributed by atoms with Crippen LogP contribution in [-0.4, -0.2) is 50.1 Å². The molecule has 17 heavy (non-hydrogen) atoms. The van der Waals surface area contributed by atoms with E-state index in [2.05, 4.69) is 11.9 Å². The minimum atomic E-state index is -0.120. The van der Waals surface area contributed by atoms with Gasteiger partial charge in [0, 0.05) is 25.6 Å². The van der Waals surface area contributed by atoms with Gasteiger partial charge in [-0.15, -0.1) is 6.58 Å². The topological polar surface area (TPSA) is 50.8 Å². The summed E-state index contributed by atoms with van der Waals surface area (Å²) >= 11 is 0. The number of piperidine rings is 1. The van der Waals surface area contributed by atoms with Crippen molar-refractivity contribution in [2.45, 2.75) is 19.1 Å². The van der Waals surface area contributed by atoms with E-state index in [1.165, 1.54) is 0 Å². The van der Waals surface area contributed by atoms with Gasteiger partial charge in [0.1, 0.15) is 0 Å². The van der Waals surface area contributed by atoms with Gasteiger partial charge in [0.05, 0.1) is 13.2 Å². The summed E-state index contributed by atoms with van der Waals surface area (Å²) in [6.07, 6.45) is 3.64. The summed E-state index contributed by atoms with van der Waals surface area (Å²) in [6, 6.07) is -0.0207. The number of urea groups is 1. The maximum Gasteiger partial charge on any atom is 0.317 e. The lowest BCUT2D eigenvalue weighted by atomic mass is 9.98. The lowest BCUT2D eigenvalue weighted by Gasteiger charge is -2.34. The van der Waals surface area contributed by atoms with Gasteiger partial charge in [-0.05, 0) is 12.8 Å². The highest BCUT2D eigenvalue weighted by Crippen LogP contribution is 2.24. The highest BCUT2D eigenvalue weighted by Gasteiger charge is 2.32. The van der Waals surface area contributed by atoms with Gasteiger partial charge in [-0.25, -0.2) is 4.79 Å². The minimum absolute atomic E-state index is 0.0207. The summed E-state index contributed by atoms with van der Waals surface area (Å²) in [5.74, 6) is 0.306. The summed E-state index contributed by atoms with van der Waals surface area (Å²) in [4.78, 5) is 13.6. The number of nitrogens with one attached hydrogen (secondary N) is 1. The van der Waals surface area contributed by atoms with Gasteiger partial charge in [-0.3, -0.25) is 0 Å². The van der Waals surface area contributed by atoms with Crippen molar-refractivity contribution in [3.05, 3.63) is 12.7 Å². The number of carbonyl (C=O) groups is 1. The number of ether oxygens (including phenoxy) is 2. The van der Waals surface area contributed by atoms with Crippen LogP contribution in [0.3, 0.4) is 0 Å². The molecule has 0 spiro atoms. The molecule has 5 heteroatoms. The van der Waals surface area contributed by atoms with E-state index in [1.54, 1.807) is 6.08 Å². The Bertz CT molecular complexity index is 277. The third-order valence-corrected chi connectivity index (χ3v) is 3.18. The number of hydrogen-bond acceptors (Lipinski definition) is 3. The molecule has 96 valence electrons. The molecule has 2 amide bonds. The third kappa shape index (κ3) is 3.20. The van der Waals surface area contributed by atoms with E-state index in [4.69, 9.17) is 9.47 Å². The van der Waals surface area contributed by atoms with E-state index < -0.39 is 0 Å². The summed E-state index contributed by atoms with van der Waals surface area (Å²) in [7, 11) is 0. The average molecular weight is 240 g/mol. The largest absolute Gasteiger partial charge is 0.350 e. The molecule has 0 bridgehead atoms. The Morgan fingerprint density at radius 2 is 2.24 bits per heavy atom. The lowest BCUT2D eigenvalue weighted by Crippen LogP contribution is -2.48. The van der Waals surface area contributed by atoms with E-state index >= 15 is 0 Å². The van der Waals surface area contributed by atoms with Crippen molar-refractivity contribution in [2.75, 3.05) is 32.8 Å². The van der Waals surface area contributed by atoms with Gasteiger partial charge < -0.3 is 19.7 Å². The van der Waals surface area contributed by atoms with Crippen LogP contribution in [0.5, 0.6) is 0 Å². The molecule has 2 aliphatic heterocycles. The predicted molar refractivity (Wildman–Crippen MR) is 63.6 cm³/mol. The zero-order chi connectivity index (χ0) is 12.1. The molecule has 1 N–H and O–H groups in total. The quantitative estimate of drug-likeness (QED) is 0.748. The molecule has 2 aliphatic rings. The SMILES string of the molecule is C=CCNC(=O)N1CCC[C@@H](C2OCCO2)C1. The number of carbonyl (C=O) groups excluding carboxylic acids is 1. The Morgan fingerprint density at radius 3 is 2.94 bits per heavy atom. The van der Waals surface area contributed by atoms with Gasteiger partial charge in [0.2, 0.25) is 0 Å². The summed E-state index contributed by atoms with van der Waals surface area (Å²) in [6.45, 7) is 6.96. The summed E-state index contributed by atoms with van der Waals surface area (Å²) in [5.41, 5.74) is 0. The first-order valence-corrected chi connectivity index (χ1v) is 6.18. The number of hydrogen-bond donors (Lipinski definition) is 1. The van der Waals surface area contributed by atoms with Crippen LogP contribution < -0.4 is 5.32 Å². The smallest absolute Gasteiger partial charge is 0.317 e. The first-order valence-electron chi connectivity index (χ1n) is 6.18. The molecule has 1 atom stereocenters. The van der Waals surface area contributed by atoms with Gasteiger partial charge in [0.15, 0.2) is 6.29 Å². The molecule has 0 radical (unpaired) electrons. The van der Waals surface area contributed by atoms with E-state index in [1.807, 2.05) is 4.90 Å². The van der Waals surface area contributed by atoms with Crippen molar-refractivity contribution < 1.29 is 14.3 Å². The molecule has 5 nitrogen and oxygen atoms in total. The average Bonchev–Trinajstić information content (AvgIpc) is 2.90. The van der Waals surface area contributed by atoms with Crippen LogP contribution in [0.15, 0.2) is 12.7 Å². The van der Waals surface area contributed by atoms with Gasteiger partial charge >= 0.3 is 6.03 Å². The van der Waals surface area contributed by atoms with E-state index in [9.17, 15) is 4.79 Å². The van der Waals surface area contributed by atoms with Crippen LogP contribution in [0.1, 0.15) is 12.8 Å². The monoisotopic (exact) mass is 240 g/mol. The second-order valence-electron chi connectivity index (χ2n) is 4.43. The highest BCUT2D eigenvalue weighted by atomic mass is 16.7. The van der Waals surface area contributed by atoms with E-state index in [0.29, 0.717) is 32.2 Å². The number of likely N-dealkylation sites (tertiary alicyclic amines) is 1. The maximum absolute atomic E-state index is 11.8. The molecular weight excluding hydrogens is 220 g/mol. The molecule has 0 unspecified atom stereocenters. The number of nitrogens with zero attached hydrogens (tertiary/aromatic N) is 1. The standard InChI is InChI=1S/C12H20N2O3/c1-2-5-13-12(15)14-6-3-4-10(9-14)11-16-7-8-17-11/h2,10-11H,1,3-9H2,(H,13,15)/t10-/m1/s1. The number of amides is 2. The van der Waals surface area contributed by atoms with E-state index in [-0.39, 0.29) is 12.3 Å². The van der Waals surface area contributed by atoms with Crippen molar-refractivity contribution in [1.29, 1.82) is 0 Å².